The molecule has 0 amide bonds. The summed E-state index contributed by atoms with van der Waals surface area (Å²) in [7, 11) is 0. The van der Waals surface area contributed by atoms with Crippen molar-refractivity contribution >= 4 is 23.5 Å². The van der Waals surface area contributed by atoms with Crippen LogP contribution in [0.4, 0.5) is 18.9 Å². The van der Waals surface area contributed by atoms with E-state index in [0.29, 0.717) is 13.0 Å². The van der Waals surface area contributed by atoms with E-state index in [1.165, 1.54) is 0 Å². The van der Waals surface area contributed by atoms with Crippen LogP contribution in [0.1, 0.15) is 48.8 Å². The topological polar surface area (TPSA) is 65.3 Å². The Morgan fingerprint density at radius 2 is 2.08 bits per heavy atom. The third kappa shape index (κ3) is 3.25. The summed E-state index contributed by atoms with van der Waals surface area (Å²) in [5.74, 6) is 0. The Morgan fingerprint density at radius 1 is 1.38 bits per heavy atom. The molecule has 2 fully saturated rings. The molecule has 1 saturated carbocycles. The molecule has 0 bridgehead atoms. The maximum atomic E-state index is 13.5. The molecule has 0 radical (unpaired) electrons. The highest BCUT2D eigenvalue weighted by molar-refractivity contribution is 6.34. The third-order valence-electron chi connectivity index (χ3n) is 4.44. The summed E-state index contributed by atoms with van der Waals surface area (Å²) in [4.78, 5) is 0. The molecule has 1 atom stereocenters. The SMILES string of the molecule is N=Cc1c(NC2CCCCO2)cc(C(F)(F)F)c(C2(O)CC2)c1Cl. The van der Waals surface area contributed by atoms with E-state index in [1.54, 1.807) is 0 Å². The predicted octanol–water partition coefficient (Wildman–Crippen LogP) is 4.28. The summed E-state index contributed by atoms with van der Waals surface area (Å²) >= 11 is 6.18. The quantitative estimate of drug-likeness (QED) is 0.700. The molecule has 1 saturated heterocycles. The lowest BCUT2D eigenvalue weighted by atomic mass is 9.95. The third-order valence-corrected chi connectivity index (χ3v) is 4.83. The van der Waals surface area contributed by atoms with Gasteiger partial charge in [0.15, 0.2) is 0 Å². The van der Waals surface area contributed by atoms with Crippen LogP contribution in [0.5, 0.6) is 0 Å². The first-order valence-electron chi connectivity index (χ1n) is 7.81. The Balaban J connectivity index is 2.08. The number of benzene rings is 1. The van der Waals surface area contributed by atoms with Crippen molar-refractivity contribution in [3.8, 4) is 0 Å². The Bertz CT molecular complexity index is 654. The minimum atomic E-state index is -4.65. The van der Waals surface area contributed by atoms with Crippen molar-refractivity contribution in [2.75, 3.05) is 11.9 Å². The molecule has 0 aromatic heterocycles. The van der Waals surface area contributed by atoms with Crippen molar-refractivity contribution in [3.05, 3.63) is 27.8 Å². The highest BCUT2D eigenvalue weighted by Crippen LogP contribution is 2.53. The standard InChI is InChI=1S/C16H18ClF3N2O2/c17-14-9(8-21)11(22-12-3-1-2-6-24-12)7-10(16(18,19)20)13(14)15(23)4-5-15/h7-8,12,21-23H,1-6H2. The molecule has 1 aliphatic heterocycles. The predicted molar refractivity (Wildman–Crippen MR) is 84.7 cm³/mol. The molecule has 2 aliphatic rings. The first-order chi connectivity index (χ1) is 11.3. The van der Waals surface area contributed by atoms with Crippen LogP contribution in [-0.2, 0) is 16.5 Å². The minimum Gasteiger partial charge on any atom is -0.385 e. The number of halogens is 4. The smallest absolute Gasteiger partial charge is 0.385 e. The number of aliphatic hydroxyl groups is 1. The van der Waals surface area contributed by atoms with Crippen LogP contribution < -0.4 is 5.32 Å². The van der Waals surface area contributed by atoms with E-state index in [4.69, 9.17) is 21.7 Å². The van der Waals surface area contributed by atoms with Crippen LogP contribution in [0.3, 0.4) is 0 Å². The van der Waals surface area contributed by atoms with E-state index in [2.05, 4.69) is 5.32 Å². The monoisotopic (exact) mass is 362 g/mol. The van der Waals surface area contributed by atoms with Gasteiger partial charge in [0.2, 0.25) is 0 Å². The molecule has 1 unspecified atom stereocenters. The van der Waals surface area contributed by atoms with Gasteiger partial charge in [-0.3, -0.25) is 0 Å². The highest BCUT2D eigenvalue weighted by atomic mass is 35.5. The average molecular weight is 363 g/mol. The zero-order chi connectivity index (χ0) is 17.5. The van der Waals surface area contributed by atoms with Crippen molar-refractivity contribution in [2.45, 2.75) is 50.1 Å². The lowest BCUT2D eigenvalue weighted by Gasteiger charge is -2.27. The molecule has 8 heteroatoms. The van der Waals surface area contributed by atoms with Crippen LogP contribution in [0.2, 0.25) is 5.02 Å². The maximum absolute atomic E-state index is 13.5. The number of nitrogens with one attached hydrogen (secondary N) is 2. The van der Waals surface area contributed by atoms with Gasteiger partial charge in [0.1, 0.15) is 6.23 Å². The Kier molecular flexibility index (Phi) is 4.53. The maximum Gasteiger partial charge on any atom is 0.416 e. The van der Waals surface area contributed by atoms with E-state index >= 15 is 0 Å². The second-order valence-electron chi connectivity index (χ2n) is 6.25. The van der Waals surface area contributed by atoms with Gasteiger partial charge < -0.3 is 20.6 Å². The fourth-order valence-corrected chi connectivity index (χ4v) is 3.43. The zero-order valence-corrected chi connectivity index (χ0v) is 13.6. The minimum absolute atomic E-state index is 0.0993. The van der Waals surface area contributed by atoms with Gasteiger partial charge in [-0.1, -0.05) is 11.6 Å². The van der Waals surface area contributed by atoms with E-state index in [1.807, 2.05) is 0 Å². The lowest BCUT2D eigenvalue weighted by molar-refractivity contribution is -0.139. The molecule has 0 spiro atoms. The van der Waals surface area contributed by atoms with Crippen LogP contribution in [0.15, 0.2) is 6.07 Å². The van der Waals surface area contributed by atoms with Crippen LogP contribution in [0.25, 0.3) is 0 Å². The normalized spacial score (nSPS) is 23.0. The summed E-state index contributed by atoms with van der Waals surface area (Å²) in [5.41, 5.74) is -2.61. The average Bonchev–Trinajstić information content (AvgIpc) is 3.25. The van der Waals surface area contributed by atoms with Gasteiger partial charge in [0, 0.05) is 29.6 Å². The van der Waals surface area contributed by atoms with Crippen molar-refractivity contribution in [1.29, 1.82) is 5.41 Å². The van der Waals surface area contributed by atoms with Gasteiger partial charge in [-0.15, -0.1) is 0 Å². The molecule has 3 rings (SSSR count). The van der Waals surface area contributed by atoms with Crippen molar-refractivity contribution in [3.63, 3.8) is 0 Å². The summed E-state index contributed by atoms with van der Waals surface area (Å²) in [6, 6.07) is 0.926. The van der Waals surface area contributed by atoms with Gasteiger partial charge in [0.25, 0.3) is 0 Å². The van der Waals surface area contributed by atoms with E-state index in [-0.39, 0.29) is 34.7 Å². The molecule has 132 valence electrons. The Hall–Kier alpha value is -1.31. The number of hydrogen-bond acceptors (Lipinski definition) is 4. The van der Waals surface area contributed by atoms with Gasteiger partial charge >= 0.3 is 6.18 Å². The molecular weight excluding hydrogens is 345 g/mol. The first kappa shape index (κ1) is 17.5. The second kappa shape index (κ2) is 6.20. The summed E-state index contributed by atoms with van der Waals surface area (Å²) in [5, 5.41) is 20.5. The fourth-order valence-electron chi connectivity index (χ4n) is 3.00. The number of alkyl halides is 3. The molecule has 3 N–H and O–H groups in total. The number of anilines is 1. The number of rotatable bonds is 4. The number of hydrogen-bond donors (Lipinski definition) is 3. The van der Waals surface area contributed by atoms with Crippen LogP contribution in [-0.4, -0.2) is 24.2 Å². The lowest BCUT2D eigenvalue weighted by Crippen LogP contribution is -2.28. The largest absolute Gasteiger partial charge is 0.416 e. The molecule has 24 heavy (non-hydrogen) atoms. The Labute approximate surface area is 142 Å². The first-order valence-corrected chi connectivity index (χ1v) is 8.19. The second-order valence-corrected chi connectivity index (χ2v) is 6.63. The molecule has 1 aliphatic carbocycles. The van der Waals surface area contributed by atoms with Gasteiger partial charge in [-0.25, -0.2) is 0 Å². The van der Waals surface area contributed by atoms with Crippen molar-refractivity contribution < 1.29 is 23.0 Å². The molecule has 1 aromatic carbocycles. The molecule has 1 aromatic rings. The fraction of sp³-hybridized carbons (Fsp3) is 0.562. The van der Waals surface area contributed by atoms with Gasteiger partial charge in [-0.05, 0) is 38.2 Å². The van der Waals surface area contributed by atoms with Crippen LogP contribution in [0, 0.1) is 5.41 Å². The summed E-state index contributed by atoms with van der Waals surface area (Å²) in [6.07, 6.45) is -1.21. The van der Waals surface area contributed by atoms with E-state index < -0.39 is 23.6 Å². The van der Waals surface area contributed by atoms with Gasteiger partial charge in [-0.2, -0.15) is 13.2 Å². The van der Waals surface area contributed by atoms with E-state index in [0.717, 1.165) is 25.1 Å². The Morgan fingerprint density at radius 3 is 2.58 bits per heavy atom. The van der Waals surface area contributed by atoms with Crippen LogP contribution >= 0.6 is 11.6 Å². The van der Waals surface area contributed by atoms with Crippen molar-refractivity contribution in [1.82, 2.24) is 0 Å². The highest BCUT2D eigenvalue weighted by Gasteiger charge is 2.50. The molecule has 4 nitrogen and oxygen atoms in total. The number of ether oxygens (including phenoxy) is 1. The van der Waals surface area contributed by atoms with Crippen molar-refractivity contribution in [2.24, 2.45) is 0 Å². The summed E-state index contributed by atoms with van der Waals surface area (Å²) in [6.45, 7) is 0.537. The molecular formula is C16H18ClF3N2O2. The van der Waals surface area contributed by atoms with Gasteiger partial charge in [0.05, 0.1) is 16.2 Å². The van der Waals surface area contributed by atoms with E-state index in [9.17, 15) is 18.3 Å². The summed E-state index contributed by atoms with van der Waals surface area (Å²) < 4.78 is 46.0. The molecule has 1 heterocycles. The zero-order valence-electron chi connectivity index (χ0n) is 12.8.